The zero-order valence-corrected chi connectivity index (χ0v) is 61.1. The Balaban J connectivity index is 4.59. The molecule has 0 rings (SSSR count). The summed E-state index contributed by atoms with van der Waals surface area (Å²) < 4.78 is 61.0. The van der Waals surface area contributed by atoms with Gasteiger partial charge in [-0.15, -0.1) is 0 Å². The smallest absolute Gasteiger partial charge is 0.463 e. The topological polar surface area (TPSA) is 231 Å². The Morgan fingerprint density at radius 1 is 0.295 bits per heavy atom. The van der Waals surface area contributed by atoms with Crippen molar-refractivity contribution in [3.05, 3.63) is 122 Å². The summed E-state index contributed by atoms with van der Waals surface area (Å²) in [5.41, 5.74) is 0. The van der Waals surface area contributed by atoms with E-state index in [0.29, 0.717) is 19.3 Å². The highest BCUT2D eigenvalue weighted by atomic mass is 31.2. The standard InChI is InChI=1S/C77H132O16P2/c1-4-7-10-13-16-19-22-25-27-29-31-33-34-35-36-38-40-41-43-46-48-51-54-57-60-63-75(80)87-66-72(78)67-89-94(83,84)90-68-73(79)69-91-95(85,86)92-71-74(93-77(82)65-62-59-56-53-50-45-24-21-18-15-12-9-6-3)70-88-76(81)64-61-58-55-52-49-47-44-42-39-37-32-30-28-26-23-20-17-14-11-8-5-2/h12,15-17,19-21,24-28,31-33,35-37,42,44,72-74,78-79H,4-11,13-14,18,22-23,29-30,34,38-41,43,45-71H2,1-3H3,(H,83,84)(H,85,86)/b15-12-,19-16-,20-17-,24-21-,27-25-,28-26-,33-31-,36-35-,37-32-,44-42-. The Kier molecular flexibility index (Phi) is 66.9. The third-order valence-corrected chi connectivity index (χ3v) is 17.0. The average Bonchev–Trinajstić information content (AvgIpc) is 1.81. The molecule has 0 fully saturated rings. The second kappa shape index (κ2) is 69.8. The van der Waals surface area contributed by atoms with Gasteiger partial charge in [-0.3, -0.25) is 32.5 Å². The number of unbranched alkanes of at least 4 members (excludes halogenated alkanes) is 26. The third kappa shape index (κ3) is 71.1. The highest BCUT2D eigenvalue weighted by molar-refractivity contribution is 7.47. The summed E-state index contributed by atoms with van der Waals surface area (Å²) >= 11 is 0. The molecule has 5 atom stereocenters. The van der Waals surface area contributed by atoms with Crippen LogP contribution in [0.4, 0.5) is 0 Å². The molecule has 0 aromatic heterocycles. The van der Waals surface area contributed by atoms with Crippen molar-refractivity contribution in [3.8, 4) is 0 Å². The average molecular weight is 1380 g/mol. The van der Waals surface area contributed by atoms with Crippen molar-refractivity contribution in [2.75, 3.05) is 39.6 Å². The Bertz CT molecular complexity index is 2210. The number of aliphatic hydroxyl groups is 2. The second-order valence-electron chi connectivity index (χ2n) is 24.4. The van der Waals surface area contributed by atoms with Crippen LogP contribution in [-0.4, -0.2) is 95.9 Å². The summed E-state index contributed by atoms with van der Waals surface area (Å²) in [4.78, 5) is 58.5. The maximum Gasteiger partial charge on any atom is 0.472 e. The summed E-state index contributed by atoms with van der Waals surface area (Å²) in [6, 6.07) is 0. The van der Waals surface area contributed by atoms with Gasteiger partial charge in [-0.1, -0.05) is 258 Å². The molecule has 16 nitrogen and oxygen atoms in total. The molecule has 0 aliphatic heterocycles. The monoisotopic (exact) mass is 1370 g/mol. The molecule has 0 spiro atoms. The number of hydrogen-bond acceptors (Lipinski definition) is 14. The lowest BCUT2D eigenvalue weighted by Crippen LogP contribution is -2.30. The van der Waals surface area contributed by atoms with E-state index in [0.717, 1.165) is 154 Å². The lowest BCUT2D eigenvalue weighted by molar-refractivity contribution is -0.161. The molecule has 0 aliphatic carbocycles. The van der Waals surface area contributed by atoms with Crippen molar-refractivity contribution in [2.45, 2.75) is 309 Å². The molecule has 0 bridgehead atoms. The molecule has 0 aliphatic rings. The Morgan fingerprint density at radius 2 is 0.547 bits per heavy atom. The SMILES string of the molecule is CCC/C=C\C/C=C\CCCCCCCC(=O)OC(COC(=O)CCCCCCC/C=C\C/C=C\C/C=C\C/C=C\CCCCC)COP(=O)(O)OCC(O)COP(=O)(O)OCC(O)COC(=O)CCCCCCCCCCC/C=C\C/C=C\C/C=C\C/C=C\CCCCC. The first-order valence-corrected chi connectivity index (χ1v) is 39.8. The lowest BCUT2D eigenvalue weighted by Gasteiger charge is -2.21. The van der Waals surface area contributed by atoms with E-state index >= 15 is 0 Å². The van der Waals surface area contributed by atoms with Crippen molar-refractivity contribution in [3.63, 3.8) is 0 Å². The number of ether oxygens (including phenoxy) is 3. The summed E-state index contributed by atoms with van der Waals surface area (Å²) in [5.74, 6) is -1.62. The minimum Gasteiger partial charge on any atom is -0.463 e. The van der Waals surface area contributed by atoms with Crippen LogP contribution in [0, 0.1) is 0 Å². The summed E-state index contributed by atoms with van der Waals surface area (Å²) in [6.45, 7) is 2.50. The van der Waals surface area contributed by atoms with E-state index in [4.69, 9.17) is 32.3 Å². The van der Waals surface area contributed by atoms with Crippen molar-refractivity contribution < 1.29 is 75.8 Å². The fourth-order valence-corrected chi connectivity index (χ4v) is 11.0. The van der Waals surface area contributed by atoms with Crippen molar-refractivity contribution in [2.24, 2.45) is 0 Å². The van der Waals surface area contributed by atoms with Gasteiger partial charge in [0.2, 0.25) is 0 Å². The van der Waals surface area contributed by atoms with Gasteiger partial charge < -0.3 is 34.2 Å². The highest BCUT2D eigenvalue weighted by Crippen LogP contribution is 2.45. The largest absolute Gasteiger partial charge is 0.472 e. The first kappa shape index (κ1) is 91.0. The van der Waals surface area contributed by atoms with E-state index in [9.17, 15) is 43.5 Å². The Morgan fingerprint density at radius 3 is 0.874 bits per heavy atom. The molecule has 546 valence electrons. The zero-order chi connectivity index (χ0) is 69.5. The van der Waals surface area contributed by atoms with Crippen LogP contribution < -0.4 is 0 Å². The van der Waals surface area contributed by atoms with Crippen molar-refractivity contribution >= 4 is 33.6 Å². The number of aliphatic hydroxyl groups excluding tert-OH is 2. The van der Waals surface area contributed by atoms with Crippen LogP contribution in [0.3, 0.4) is 0 Å². The van der Waals surface area contributed by atoms with Gasteiger partial charge in [-0.25, -0.2) is 9.13 Å². The predicted octanol–water partition coefficient (Wildman–Crippen LogP) is 21.0. The summed E-state index contributed by atoms with van der Waals surface area (Å²) in [5, 5.41) is 20.6. The van der Waals surface area contributed by atoms with Crippen LogP contribution >= 0.6 is 15.6 Å². The number of hydrogen-bond donors (Lipinski definition) is 4. The van der Waals surface area contributed by atoms with Gasteiger partial charge in [0, 0.05) is 19.3 Å². The van der Waals surface area contributed by atoms with E-state index in [1.165, 1.54) is 77.0 Å². The normalized spacial score (nSPS) is 14.8. The predicted molar refractivity (Wildman–Crippen MR) is 390 cm³/mol. The van der Waals surface area contributed by atoms with Crippen LogP contribution in [0.15, 0.2) is 122 Å². The minimum absolute atomic E-state index is 0.0811. The fourth-order valence-electron chi connectivity index (χ4n) is 9.46. The number of allylic oxidation sites excluding steroid dienone is 20. The van der Waals surface area contributed by atoms with Crippen LogP contribution in [0.25, 0.3) is 0 Å². The molecule has 0 heterocycles. The van der Waals surface area contributed by atoms with Gasteiger partial charge >= 0.3 is 33.6 Å². The minimum atomic E-state index is -4.94. The Hall–Kier alpha value is -4.05. The van der Waals surface area contributed by atoms with Gasteiger partial charge in [0.25, 0.3) is 0 Å². The molecule has 5 unspecified atom stereocenters. The molecule has 95 heavy (non-hydrogen) atoms. The number of phosphoric ester groups is 2. The van der Waals surface area contributed by atoms with Crippen molar-refractivity contribution in [1.82, 2.24) is 0 Å². The van der Waals surface area contributed by atoms with E-state index in [1.54, 1.807) is 0 Å². The maximum atomic E-state index is 12.9. The first-order valence-electron chi connectivity index (χ1n) is 36.8. The number of rotatable bonds is 69. The quantitative estimate of drug-likeness (QED) is 0.0146. The van der Waals surface area contributed by atoms with E-state index in [2.05, 4.69) is 142 Å². The molecule has 0 radical (unpaired) electrons. The number of carbonyl (C=O) groups excluding carboxylic acids is 3. The lowest BCUT2D eigenvalue weighted by atomic mass is 10.1. The molecular weight excluding hydrogens is 1240 g/mol. The number of carbonyl (C=O) groups is 3. The molecule has 0 amide bonds. The zero-order valence-electron chi connectivity index (χ0n) is 59.3. The highest BCUT2D eigenvalue weighted by Gasteiger charge is 2.29. The van der Waals surface area contributed by atoms with Gasteiger partial charge in [0.15, 0.2) is 6.10 Å². The molecule has 0 aromatic rings. The molecule has 0 saturated carbocycles. The van der Waals surface area contributed by atoms with E-state index in [-0.39, 0.29) is 19.3 Å². The van der Waals surface area contributed by atoms with Crippen LogP contribution in [0.1, 0.15) is 290 Å². The van der Waals surface area contributed by atoms with Gasteiger partial charge in [0.1, 0.15) is 25.4 Å². The van der Waals surface area contributed by atoms with Gasteiger partial charge in [-0.05, 0) is 135 Å². The molecule has 0 saturated heterocycles. The molecule has 0 aromatic carbocycles. The Labute approximate surface area is 576 Å². The number of phosphoric acid groups is 2. The van der Waals surface area contributed by atoms with E-state index < -0.39 is 91.5 Å². The number of esters is 3. The first-order chi connectivity index (χ1) is 46.2. The fraction of sp³-hybridized carbons (Fsp3) is 0.701. The molecular formula is C77H132O16P2. The molecule has 18 heteroatoms. The summed E-state index contributed by atoms with van der Waals surface area (Å²) in [6.07, 6.45) is 81.0. The van der Waals surface area contributed by atoms with Crippen LogP contribution in [0.2, 0.25) is 0 Å². The third-order valence-electron chi connectivity index (χ3n) is 15.1. The van der Waals surface area contributed by atoms with Gasteiger partial charge in [0.05, 0.1) is 26.4 Å². The van der Waals surface area contributed by atoms with E-state index in [1.807, 2.05) is 0 Å². The van der Waals surface area contributed by atoms with Crippen molar-refractivity contribution in [1.29, 1.82) is 0 Å². The van der Waals surface area contributed by atoms with Crippen LogP contribution in [0.5, 0.6) is 0 Å². The van der Waals surface area contributed by atoms with Crippen LogP contribution in [-0.2, 0) is 55.8 Å². The second-order valence-corrected chi connectivity index (χ2v) is 27.3. The summed E-state index contributed by atoms with van der Waals surface area (Å²) in [7, 11) is -9.80. The maximum absolute atomic E-state index is 12.9. The molecule has 4 N–H and O–H groups in total. The van der Waals surface area contributed by atoms with Gasteiger partial charge in [-0.2, -0.15) is 0 Å².